The summed E-state index contributed by atoms with van der Waals surface area (Å²) in [4.78, 5) is 15.7. The Kier molecular flexibility index (Phi) is 2.07. The second-order valence-corrected chi connectivity index (χ2v) is 3.44. The lowest BCUT2D eigenvalue weighted by Gasteiger charge is -2.23. The molecule has 0 saturated heterocycles. The third-order valence-electron chi connectivity index (χ3n) is 2.53. The zero-order valence-electron chi connectivity index (χ0n) is 7.97. The number of hydrogen-bond acceptors (Lipinski definition) is 4. The molecule has 1 unspecified atom stereocenters. The van der Waals surface area contributed by atoms with E-state index in [1.165, 1.54) is 12.3 Å². The van der Waals surface area contributed by atoms with E-state index in [0.717, 1.165) is 12.8 Å². The third-order valence-corrected chi connectivity index (χ3v) is 2.53. The first kappa shape index (κ1) is 8.93. The Morgan fingerprint density at radius 3 is 3.21 bits per heavy atom. The van der Waals surface area contributed by atoms with Crippen LogP contribution in [-0.2, 0) is 0 Å². The van der Waals surface area contributed by atoms with Crippen molar-refractivity contribution in [3.05, 3.63) is 28.4 Å². The van der Waals surface area contributed by atoms with Gasteiger partial charge in [0.15, 0.2) is 5.82 Å². The van der Waals surface area contributed by atoms with Crippen LogP contribution in [-0.4, -0.2) is 15.3 Å². The molecule has 1 aliphatic heterocycles. The Bertz CT molecular complexity index is 435. The summed E-state index contributed by atoms with van der Waals surface area (Å²) in [7, 11) is 0. The van der Waals surface area contributed by atoms with E-state index in [0.29, 0.717) is 11.5 Å². The minimum Gasteiger partial charge on any atom is -0.323 e. The fourth-order valence-corrected chi connectivity index (χ4v) is 1.77. The van der Waals surface area contributed by atoms with Crippen molar-refractivity contribution in [1.82, 2.24) is 9.55 Å². The van der Waals surface area contributed by atoms with Crippen molar-refractivity contribution in [3.8, 4) is 0 Å². The van der Waals surface area contributed by atoms with Crippen molar-refractivity contribution < 1.29 is 0 Å². The minimum absolute atomic E-state index is 0.0386. The molecule has 1 atom stereocenters. The van der Waals surface area contributed by atoms with Gasteiger partial charge in [-0.2, -0.15) is 5.10 Å². The van der Waals surface area contributed by atoms with Gasteiger partial charge in [0.1, 0.15) is 5.71 Å². The quantitative estimate of drug-likeness (QED) is 0.473. The standard InChI is InChI=1S/C9H12N4O/c1-6-2-3-7(12-10)9-11-5-4-8(14)13(6)9/h4-6H,2-3,10H2,1H3. The number of aromatic nitrogens is 2. The highest BCUT2D eigenvalue weighted by atomic mass is 16.1. The first-order valence-electron chi connectivity index (χ1n) is 4.58. The van der Waals surface area contributed by atoms with Crippen LogP contribution in [0.3, 0.4) is 0 Å². The number of hydrogen-bond donors (Lipinski definition) is 1. The fourth-order valence-electron chi connectivity index (χ4n) is 1.77. The fraction of sp³-hybridized carbons (Fsp3) is 0.444. The molecular weight excluding hydrogens is 180 g/mol. The number of nitrogens with zero attached hydrogens (tertiary/aromatic N) is 3. The van der Waals surface area contributed by atoms with Gasteiger partial charge >= 0.3 is 0 Å². The Balaban J connectivity index is 2.68. The molecule has 0 aromatic carbocycles. The number of hydrazone groups is 1. The molecule has 1 aromatic heterocycles. The van der Waals surface area contributed by atoms with Crippen LogP contribution in [0.15, 0.2) is 22.2 Å². The van der Waals surface area contributed by atoms with Crippen LogP contribution < -0.4 is 11.4 Å². The molecule has 0 bridgehead atoms. The lowest BCUT2D eigenvalue weighted by atomic mass is 10.0. The van der Waals surface area contributed by atoms with Gasteiger partial charge in [0.05, 0.1) is 0 Å². The normalized spacial score (nSPS) is 23.5. The Morgan fingerprint density at radius 1 is 1.71 bits per heavy atom. The molecule has 2 heterocycles. The smallest absolute Gasteiger partial charge is 0.253 e. The second-order valence-electron chi connectivity index (χ2n) is 3.44. The van der Waals surface area contributed by atoms with E-state index < -0.39 is 0 Å². The van der Waals surface area contributed by atoms with Crippen LogP contribution >= 0.6 is 0 Å². The van der Waals surface area contributed by atoms with Gasteiger partial charge in [0.25, 0.3) is 5.56 Å². The maximum absolute atomic E-state index is 11.6. The summed E-state index contributed by atoms with van der Waals surface area (Å²) in [6.45, 7) is 2.00. The van der Waals surface area contributed by atoms with Crippen LogP contribution in [0.2, 0.25) is 0 Å². The Labute approximate surface area is 81.3 Å². The molecule has 0 aliphatic carbocycles. The van der Waals surface area contributed by atoms with Crippen molar-refractivity contribution in [2.45, 2.75) is 25.8 Å². The van der Waals surface area contributed by atoms with Crippen LogP contribution in [0.5, 0.6) is 0 Å². The third kappa shape index (κ3) is 1.21. The van der Waals surface area contributed by atoms with E-state index in [1.54, 1.807) is 4.57 Å². The highest BCUT2D eigenvalue weighted by molar-refractivity contribution is 5.97. The van der Waals surface area contributed by atoms with Gasteiger partial charge in [0.2, 0.25) is 0 Å². The molecule has 0 fully saturated rings. The molecule has 0 saturated carbocycles. The summed E-state index contributed by atoms with van der Waals surface area (Å²) in [5.41, 5.74) is 0.671. The predicted molar refractivity (Wildman–Crippen MR) is 53.2 cm³/mol. The zero-order chi connectivity index (χ0) is 10.1. The van der Waals surface area contributed by atoms with Crippen molar-refractivity contribution in [3.63, 3.8) is 0 Å². The summed E-state index contributed by atoms with van der Waals surface area (Å²) in [5, 5.41) is 3.66. The first-order valence-corrected chi connectivity index (χ1v) is 4.58. The molecule has 0 amide bonds. The molecule has 0 radical (unpaired) electrons. The van der Waals surface area contributed by atoms with Crippen LogP contribution in [0, 0.1) is 0 Å². The lowest BCUT2D eigenvalue weighted by molar-refractivity contribution is 0.470. The van der Waals surface area contributed by atoms with Crippen LogP contribution in [0.1, 0.15) is 31.6 Å². The summed E-state index contributed by atoms with van der Waals surface area (Å²) in [6.07, 6.45) is 3.17. The average molecular weight is 192 g/mol. The van der Waals surface area contributed by atoms with Gasteiger partial charge in [-0.1, -0.05) is 0 Å². The van der Waals surface area contributed by atoms with Gasteiger partial charge in [-0.15, -0.1) is 0 Å². The molecule has 5 heteroatoms. The van der Waals surface area contributed by atoms with E-state index in [2.05, 4.69) is 10.1 Å². The largest absolute Gasteiger partial charge is 0.323 e. The molecule has 14 heavy (non-hydrogen) atoms. The van der Waals surface area contributed by atoms with Crippen LogP contribution in [0.4, 0.5) is 0 Å². The molecule has 1 aliphatic rings. The van der Waals surface area contributed by atoms with Gasteiger partial charge in [-0.05, 0) is 19.8 Å². The highest BCUT2D eigenvalue weighted by Crippen LogP contribution is 2.20. The van der Waals surface area contributed by atoms with Gasteiger partial charge in [0, 0.05) is 18.3 Å². The monoisotopic (exact) mass is 192 g/mol. The maximum Gasteiger partial charge on any atom is 0.253 e. The van der Waals surface area contributed by atoms with Crippen molar-refractivity contribution in [2.75, 3.05) is 0 Å². The van der Waals surface area contributed by atoms with E-state index in [-0.39, 0.29) is 11.6 Å². The minimum atomic E-state index is -0.0386. The van der Waals surface area contributed by atoms with Gasteiger partial charge < -0.3 is 5.84 Å². The van der Waals surface area contributed by atoms with Crippen molar-refractivity contribution in [2.24, 2.45) is 10.9 Å². The first-order chi connectivity index (χ1) is 6.74. The number of rotatable bonds is 0. The van der Waals surface area contributed by atoms with E-state index in [1.807, 2.05) is 6.92 Å². The summed E-state index contributed by atoms with van der Waals surface area (Å²) >= 11 is 0. The van der Waals surface area contributed by atoms with Gasteiger partial charge in [-0.25, -0.2) is 4.98 Å². The van der Waals surface area contributed by atoms with E-state index >= 15 is 0 Å². The molecular formula is C9H12N4O. The molecule has 0 spiro atoms. The number of nitrogens with two attached hydrogens (primary N) is 1. The van der Waals surface area contributed by atoms with E-state index in [9.17, 15) is 4.79 Å². The van der Waals surface area contributed by atoms with Gasteiger partial charge in [-0.3, -0.25) is 9.36 Å². The maximum atomic E-state index is 11.6. The van der Waals surface area contributed by atoms with E-state index in [4.69, 9.17) is 5.84 Å². The average Bonchev–Trinajstić information content (AvgIpc) is 2.18. The lowest BCUT2D eigenvalue weighted by Crippen LogP contribution is -2.33. The van der Waals surface area contributed by atoms with Crippen molar-refractivity contribution >= 4 is 5.71 Å². The summed E-state index contributed by atoms with van der Waals surface area (Å²) < 4.78 is 1.65. The SMILES string of the molecule is CC1CCC(=NN)c2nccc(=O)n21. The number of fused-ring (bicyclic) bond motifs is 1. The Morgan fingerprint density at radius 2 is 2.50 bits per heavy atom. The Hall–Kier alpha value is -1.65. The molecule has 2 N–H and O–H groups in total. The summed E-state index contributed by atoms with van der Waals surface area (Å²) in [6, 6.07) is 1.64. The predicted octanol–water partition coefficient (Wildman–Crippen LogP) is 0.261. The summed E-state index contributed by atoms with van der Waals surface area (Å²) in [5.74, 6) is 5.86. The second kappa shape index (κ2) is 3.25. The molecule has 74 valence electrons. The topological polar surface area (TPSA) is 73.3 Å². The highest BCUT2D eigenvalue weighted by Gasteiger charge is 2.22. The van der Waals surface area contributed by atoms with Crippen molar-refractivity contribution in [1.29, 1.82) is 0 Å². The van der Waals surface area contributed by atoms with Crippen LogP contribution in [0.25, 0.3) is 0 Å². The zero-order valence-corrected chi connectivity index (χ0v) is 7.97. The molecule has 1 aromatic rings. The molecule has 5 nitrogen and oxygen atoms in total. The molecule has 2 rings (SSSR count).